The maximum Gasteiger partial charge on any atom is 0.161 e. The van der Waals surface area contributed by atoms with Gasteiger partial charge in [0.05, 0.1) is 14.3 Å². The van der Waals surface area contributed by atoms with Gasteiger partial charge >= 0.3 is 0 Å². The fourth-order valence-corrected chi connectivity index (χ4v) is 2.19. The lowest BCUT2D eigenvalue weighted by Gasteiger charge is -2.09. The number of nitrogens with one attached hydrogen (secondary N) is 1. The summed E-state index contributed by atoms with van der Waals surface area (Å²) >= 11 is 8.09. The normalized spacial score (nSPS) is 10.4. The molecule has 0 aliphatic rings. The zero-order chi connectivity index (χ0) is 13.3. The average molecular weight is 376 g/mol. The molecule has 0 saturated heterocycles. The molecule has 18 heavy (non-hydrogen) atoms. The van der Waals surface area contributed by atoms with Crippen LogP contribution in [0.5, 0.6) is 5.75 Å². The molecular formula is C12H11ClIN3O. The summed E-state index contributed by atoms with van der Waals surface area (Å²) in [6.45, 7) is 1.93. The predicted molar refractivity (Wildman–Crippen MR) is 81.1 cm³/mol. The Balaban J connectivity index is 2.57. The minimum absolute atomic E-state index is 0.0523. The number of phenolic OH excluding ortho intramolecular Hbond substituents is 1. The Kier molecular flexibility index (Phi) is 3.91. The van der Waals surface area contributed by atoms with Crippen LogP contribution in [-0.4, -0.2) is 22.1 Å². The van der Waals surface area contributed by atoms with Crippen molar-refractivity contribution < 1.29 is 5.11 Å². The second kappa shape index (κ2) is 5.27. The first-order valence-electron chi connectivity index (χ1n) is 5.23. The summed E-state index contributed by atoms with van der Waals surface area (Å²) in [5.41, 5.74) is 1.67. The lowest BCUT2D eigenvalue weighted by Crippen LogP contribution is -2.02. The number of aromatic nitrogens is 2. The van der Waals surface area contributed by atoms with Crippen molar-refractivity contribution in [1.82, 2.24) is 9.97 Å². The van der Waals surface area contributed by atoms with Gasteiger partial charge in [0.2, 0.25) is 0 Å². The molecule has 2 N–H and O–H groups in total. The molecule has 2 rings (SSSR count). The van der Waals surface area contributed by atoms with Gasteiger partial charge in [0.1, 0.15) is 11.6 Å². The van der Waals surface area contributed by atoms with Gasteiger partial charge in [-0.2, -0.15) is 0 Å². The molecule has 0 atom stereocenters. The van der Waals surface area contributed by atoms with Gasteiger partial charge in [-0.1, -0.05) is 11.6 Å². The van der Waals surface area contributed by atoms with Gasteiger partial charge in [0, 0.05) is 12.6 Å². The van der Waals surface area contributed by atoms with E-state index in [-0.39, 0.29) is 5.75 Å². The first-order chi connectivity index (χ1) is 8.52. The quantitative estimate of drug-likeness (QED) is 0.789. The van der Waals surface area contributed by atoms with Crippen LogP contribution in [0.1, 0.15) is 5.69 Å². The number of phenols is 1. The van der Waals surface area contributed by atoms with Crippen LogP contribution in [-0.2, 0) is 0 Å². The van der Waals surface area contributed by atoms with E-state index in [1.165, 1.54) is 6.07 Å². The van der Waals surface area contributed by atoms with Gasteiger partial charge in [-0.3, -0.25) is 0 Å². The van der Waals surface area contributed by atoms with E-state index < -0.39 is 0 Å². The molecular weight excluding hydrogens is 365 g/mol. The number of halogens is 2. The van der Waals surface area contributed by atoms with E-state index in [1.807, 2.05) is 14.0 Å². The van der Waals surface area contributed by atoms with Crippen LogP contribution in [0.15, 0.2) is 18.2 Å². The van der Waals surface area contributed by atoms with Gasteiger partial charge in [0.15, 0.2) is 5.82 Å². The second-order valence-corrected chi connectivity index (χ2v) is 5.20. The summed E-state index contributed by atoms with van der Waals surface area (Å²) in [6, 6.07) is 4.92. The minimum atomic E-state index is 0.0523. The third-order valence-electron chi connectivity index (χ3n) is 2.46. The third kappa shape index (κ3) is 2.51. The largest absolute Gasteiger partial charge is 0.506 e. The molecule has 6 heteroatoms. The van der Waals surface area contributed by atoms with Gasteiger partial charge in [0.25, 0.3) is 0 Å². The molecule has 0 bridgehead atoms. The summed E-state index contributed by atoms with van der Waals surface area (Å²) in [5, 5.41) is 12.7. The highest BCUT2D eigenvalue weighted by atomic mass is 127. The summed E-state index contributed by atoms with van der Waals surface area (Å²) in [7, 11) is 1.82. The number of anilines is 1. The van der Waals surface area contributed by atoms with Crippen LogP contribution in [0, 0.1) is 10.5 Å². The van der Waals surface area contributed by atoms with Crippen molar-refractivity contribution in [2.45, 2.75) is 6.92 Å². The molecule has 1 aromatic heterocycles. The lowest BCUT2D eigenvalue weighted by atomic mass is 10.2. The molecule has 0 unspecified atom stereocenters. The Morgan fingerprint density at radius 1 is 1.33 bits per heavy atom. The van der Waals surface area contributed by atoms with Crippen LogP contribution >= 0.6 is 34.2 Å². The van der Waals surface area contributed by atoms with Crippen molar-refractivity contribution in [1.29, 1.82) is 0 Å². The molecule has 0 aliphatic heterocycles. The first-order valence-corrected chi connectivity index (χ1v) is 6.69. The first kappa shape index (κ1) is 13.4. The van der Waals surface area contributed by atoms with Crippen molar-refractivity contribution >= 4 is 40.0 Å². The number of aromatic hydroxyl groups is 1. The van der Waals surface area contributed by atoms with Crippen molar-refractivity contribution in [3.05, 3.63) is 32.5 Å². The predicted octanol–water partition coefficient (Wildman–Crippen LogP) is 3.46. The molecule has 1 heterocycles. The standard InChI is InChI=1S/C12H11ClIN3O/c1-6-10(14)12(15-2)17-11(16-6)7-3-4-9(18)8(13)5-7/h3-5,18H,1-2H3,(H,15,16,17). The van der Waals surface area contributed by atoms with Crippen LogP contribution < -0.4 is 5.32 Å². The molecule has 2 aromatic rings. The summed E-state index contributed by atoms with van der Waals surface area (Å²) in [4.78, 5) is 8.85. The zero-order valence-corrected chi connectivity index (χ0v) is 12.7. The van der Waals surface area contributed by atoms with E-state index >= 15 is 0 Å². The molecule has 0 amide bonds. The van der Waals surface area contributed by atoms with Crippen LogP contribution in [0.2, 0.25) is 5.02 Å². The van der Waals surface area contributed by atoms with E-state index in [0.29, 0.717) is 10.8 Å². The maximum absolute atomic E-state index is 9.40. The number of nitrogens with zero attached hydrogens (tertiary/aromatic N) is 2. The molecule has 0 saturated carbocycles. The second-order valence-electron chi connectivity index (χ2n) is 3.71. The SMILES string of the molecule is CNc1nc(-c2ccc(O)c(Cl)c2)nc(C)c1I. The molecule has 4 nitrogen and oxygen atoms in total. The van der Waals surface area contributed by atoms with Gasteiger partial charge in [-0.25, -0.2) is 9.97 Å². The molecule has 0 fully saturated rings. The fourth-order valence-electron chi connectivity index (χ4n) is 1.50. The summed E-state index contributed by atoms with van der Waals surface area (Å²) in [6.07, 6.45) is 0. The van der Waals surface area contributed by atoms with E-state index in [2.05, 4.69) is 37.9 Å². The zero-order valence-electron chi connectivity index (χ0n) is 9.83. The number of hydrogen-bond acceptors (Lipinski definition) is 4. The lowest BCUT2D eigenvalue weighted by molar-refractivity contribution is 0.475. The van der Waals surface area contributed by atoms with E-state index in [4.69, 9.17) is 11.6 Å². The van der Waals surface area contributed by atoms with E-state index in [9.17, 15) is 5.11 Å². The van der Waals surface area contributed by atoms with Crippen molar-refractivity contribution in [3.63, 3.8) is 0 Å². The molecule has 0 radical (unpaired) electrons. The maximum atomic E-state index is 9.40. The van der Waals surface area contributed by atoms with Crippen LogP contribution in [0.4, 0.5) is 5.82 Å². The number of hydrogen-bond donors (Lipinski definition) is 2. The number of aryl methyl sites for hydroxylation is 1. The summed E-state index contributed by atoms with van der Waals surface area (Å²) in [5.74, 6) is 1.41. The average Bonchev–Trinajstić information content (AvgIpc) is 2.36. The Hall–Kier alpha value is -1.08. The fraction of sp³-hybridized carbons (Fsp3) is 0.167. The van der Waals surface area contributed by atoms with Crippen molar-refractivity contribution in [3.8, 4) is 17.1 Å². The van der Waals surface area contributed by atoms with Gasteiger partial charge < -0.3 is 10.4 Å². The van der Waals surface area contributed by atoms with E-state index in [0.717, 1.165) is 20.6 Å². The molecule has 94 valence electrons. The topological polar surface area (TPSA) is 58.0 Å². The monoisotopic (exact) mass is 375 g/mol. The van der Waals surface area contributed by atoms with Crippen LogP contribution in [0.3, 0.4) is 0 Å². The minimum Gasteiger partial charge on any atom is -0.506 e. The highest BCUT2D eigenvalue weighted by molar-refractivity contribution is 14.1. The van der Waals surface area contributed by atoms with Gasteiger partial charge in [-0.15, -0.1) is 0 Å². The third-order valence-corrected chi connectivity index (χ3v) is 4.05. The Morgan fingerprint density at radius 3 is 2.67 bits per heavy atom. The van der Waals surface area contributed by atoms with Gasteiger partial charge in [-0.05, 0) is 47.7 Å². The smallest absolute Gasteiger partial charge is 0.161 e. The Morgan fingerprint density at radius 2 is 2.06 bits per heavy atom. The van der Waals surface area contributed by atoms with Crippen molar-refractivity contribution in [2.75, 3.05) is 12.4 Å². The van der Waals surface area contributed by atoms with E-state index in [1.54, 1.807) is 12.1 Å². The summed E-state index contributed by atoms with van der Waals surface area (Å²) < 4.78 is 0.990. The Bertz CT molecular complexity index is 604. The Labute approximate surface area is 124 Å². The highest BCUT2D eigenvalue weighted by Gasteiger charge is 2.11. The molecule has 0 aliphatic carbocycles. The number of benzene rings is 1. The molecule has 0 spiro atoms. The number of rotatable bonds is 2. The molecule has 1 aromatic carbocycles. The van der Waals surface area contributed by atoms with Crippen molar-refractivity contribution in [2.24, 2.45) is 0 Å². The van der Waals surface area contributed by atoms with Crippen LogP contribution in [0.25, 0.3) is 11.4 Å². The highest BCUT2D eigenvalue weighted by Crippen LogP contribution is 2.29.